The van der Waals surface area contributed by atoms with Crippen LogP contribution >= 0.6 is 0 Å². The standard InChI is InChI=1S/C83H124O5/c1-3-5-7-9-11-13-15-17-19-21-23-25-27-29-31-33-35-37-39-41-43-45-47-49-51-53-55-57-59-61-63-65-67-69-71-73-75-77-82(85)87-80-81(79-84)88-83(86)78-76-74-72-70-68-66-64-62-60-58-56-54-52-50-48-46-44-42-40-38-36-34-32-30-28-26-24-22-20-18-16-14-12-10-8-6-4-2/h5-8,11-14,17-20,23-26,29-32,35-38,41-44,47-50,53-56,60,62,66,68,81,84H,3-4,9-10,15-16,21-22,27-28,33-34,39-40,45-46,51-52,57-59,61,63-65,67,69-80H2,1-2H3/b7-5-,8-6-,13-11-,14-12-,19-17-,20-18-,25-23-,26-24-,31-29-,32-30-,37-35-,38-36-,43-41-,44-42-,49-47-,50-48-,55-53-,56-54-,62-60-,68-66-. The normalized spacial score (nSPS) is 13.8. The summed E-state index contributed by atoms with van der Waals surface area (Å²) in [6.45, 7) is 3.86. The highest BCUT2D eigenvalue weighted by Gasteiger charge is 2.16. The summed E-state index contributed by atoms with van der Waals surface area (Å²) in [4.78, 5) is 24.6. The van der Waals surface area contributed by atoms with Gasteiger partial charge in [0.15, 0.2) is 6.10 Å². The largest absolute Gasteiger partial charge is 0.462 e. The SMILES string of the molecule is CC/C=C\C/C=C\C/C=C\C/C=C\C/C=C\C/C=C\C/C=C\C/C=C\C/C=C\C/C=C\C/C=C\CCCCCC(=O)OC(CO)COC(=O)CCCCCCCCCCC/C=C\C/C=C\C/C=C\C/C=C\C/C=C\C/C=C\C/C=C\C/C=C\C/C=C\CC. The fourth-order valence-corrected chi connectivity index (χ4v) is 8.55. The summed E-state index contributed by atoms with van der Waals surface area (Å²) < 4.78 is 10.7. The number of hydrogen-bond donors (Lipinski definition) is 1. The van der Waals surface area contributed by atoms with Crippen molar-refractivity contribution in [3.8, 4) is 0 Å². The van der Waals surface area contributed by atoms with Gasteiger partial charge in [0.25, 0.3) is 0 Å². The van der Waals surface area contributed by atoms with Crippen LogP contribution in [0.1, 0.15) is 245 Å². The van der Waals surface area contributed by atoms with Crippen LogP contribution in [0.5, 0.6) is 0 Å². The van der Waals surface area contributed by atoms with Gasteiger partial charge in [-0.1, -0.05) is 308 Å². The predicted octanol–water partition coefficient (Wildman–Crippen LogP) is 24.6. The summed E-state index contributed by atoms with van der Waals surface area (Å²) in [5.41, 5.74) is 0. The second-order valence-electron chi connectivity index (χ2n) is 21.8. The fraction of sp³-hybridized carbons (Fsp3) is 0.494. The number of unbranched alkanes of at least 4 members (excludes halogenated alkanes) is 12. The van der Waals surface area contributed by atoms with E-state index in [0.29, 0.717) is 12.8 Å². The van der Waals surface area contributed by atoms with Gasteiger partial charge >= 0.3 is 11.9 Å². The van der Waals surface area contributed by atoms with E-state index in [4.69, 9.17) is 9.47 Å². The monoisotopic (exact) mass is 1200 g/mol. The Morgan fingerprint density at radius 3 is 0.693 bits per heavy atom. The highest BCUT2D eigenvalue weighted by molar-refractivity contribution is 5.70. The van der Waals surface area contributed by atoms with Gasteiger partial charge in [0.05, 0.1) is 6.61 Å². The van der Waals surface area contributed by atoms with Gasteiger partial charge in [0, 0.05) is 12.8 Å². The van der Waals surface area contributed by atoms with Gasteiger partial charge in [0.1, 0.15) is 6.61 Å². The Balaban J connectivity index is 3.69. The average Bonchev–Trinajstić information content (AvgIpc) is 3.55. The third-order valence-corrected chi connectivity index (χ3v) is 13.6. The number of ether oxygens (including phenoxy) is 2. The average molecular weight is 1200 g/mol. The summed E-state index contributed by atoms with van der Waals surface area (Å²) in [5, 5.41) is 9.70. The van der Waals surface area contributed by atoms with Crippen molar-refractivity contribution in [1.82, 2.24) is 0 Å². The third kappa shape index (κ3) is 72.2. The number of carbonyl (C=O) groups excluding carboxylic acids is 2. The maximum Gasteiger partial charge on any atom is 0.306 e. The molecule has 0 aliphatic heterocycles. The van der Waals surface area contributed by atoms with Crippen molar-refractivity contribution in [1.29, 1.82) is 0 Å². The molecule has 1 atom stereocenters. The molecule has 1 N–H and O–H groups in total. The first-order valence-electron chi connectivity index (χ1n) is 34.6. The fourth-order valence-electron chi connectivity index (χ4n) is 8.55. The molecule has 0 aromatic heterocycles. The van der Waals surface area contributed by atoms with Crippen LogP contribution in [-0.2, 0) is 19.1 Å². The van der Waals surface area contributed by atoms with Gasteiger partial charge in [-0.15, -0.1) is 0 Å². The van der Waals surface area contributed by atoms with E-state index in [9.17, 15) is 14.7 Å². The molecule has 88 heavy (non-hydrogen) atoms. The van der Waals surface area contributed by atoms with Crippen molar-refractivity contribution >= 4 is 11.9 Å². The second-order valence-corrected chi connectivity index (χ2v) is 21.8. The quantitative estimate of drug-likeness (QED) is 0.0373. The van der Waals surface area contributed by atoms with Gasteiger partial charge in [-0.05, 0) is 167 Å². The van der Waals surface area contributed by atoms with Crippen molar-refractivity contribution in [3.63, 3.8) is 0 Å². The van der Waals surface area contributed by atoms with Crippen LogP contribution in [-0.4, -0.2) is 36.4 Å². The van der Waals surface area contributed by atoms with Crippen molar-refractivity contribution in [2.24, 2.45) is 0 Å². The first kappa shape index (κ1) is 81.7. The Morgan fingerprint density at radius 2 is 0.455 bits per heavy atom. The first-order chi connectivity index (χ1) is 43.6. The minimum absolute atomic E-state index is 0.0995. The number of aliphatic hydroxyl groups excluding tert-OH is 1. The van der Waals surface area contributed by atoms with Crippen molar-refractivity contribution < 1.29 is 24.2 Å². The highest BCUT2D eigenvalue weighted by atomic mass is 16.6. The van der Waals surface area contributed by atoms with Gasteiger partial charge in [0.2, 0.25) is 0 Å². The van der Waals surface area contributed by atoms with E-state index >= 15 is 0 Å². The van der Waals surface area contributed by atoms with Crippen LogP contribution in [0.3, 0.4) is 0 Å². The van der Waals surface area contributed by atoms with E-state index in [1.807, 2.05) is 0 Å². The van der Waals surface area contributed by atoms with Crippen LogP contribution in [0.4, 0.5) is 0 Å². The zero-order valence-corrected chi connectivity index (χ0v) is 55.6. The smallest absolute Gasteiger partial charge is 0.306 e. The lowest BCUT2D eigenvalue weighted by atomic mass is 10.1. The number of aliphatic hydroxyl groups is 1. The molecule has 0 aromatic rings. The number of rotatable bonds is 60. The molecule has 0 heterocycles. The molecule has 0 saturated carbocycles. The topological polar surface area (TPSA) is 72.8 Å². The molecule has 1 unspecified atom stereocenters. The Kier molecular flexibility index (Phi) is 69.6. The molecule has 5 heteroatoms. The van der Waals surface area contributed by atoms with E-state index in [-0.39, 0.29) is 25.2 Å². The molecule has 0 saturated heterocycles. The summed E-state index contributed by atoms with van der Waals surface area (Å²) in [5.74, 6) is -0.655. The molecule has 0 amide bonds. The summed E-state index contributed by atoms with van der Waals surface area (Å²) in [6.07, 6.45) is 124. The molecule has 0 aromatic carbocycles. The molecule has 0 radical (unpaired) electrons. The first-order valence-corrected chi connectivity index (χ1v) is 34.6. The Hall–Kier alpha value is -6.30. The predicted molar refractivity (Wildman–Crippen MR) is 388 cm³/mol. The number of allylic oxidation sites excluding steroid dienone is 40. The molecule has 0 rings (SSSR count). The Labute approximate surface area is 540 Å². The maximum absolute atomic E-state index is 12.4. The van der Waals surface area contributed by atoms with Crippen LogP contribution < -0.4 is 0 Å². The maximum atomic E-state index is 12.4. The zero-order chi connectivity index (χ0) is 63.3. The summed E-state index contributed by atoms with van der Waals surface area (Å²) in [6, 6.07) is 0. The second kappa shape index (κ2) is 75.0. The third-order valence-electron chi connectivity index (χ3n) is 13.6. The molecule has 0 aliphatic rings. The van der Waals surface area contributed by atoms with Gasteiger partial charge in [-0.25, -0.2) is 0 Å². The molecule has 486 valence electrons. The van der Waals surface area contributed by atoms with Crippen molar-refractivity contribution in [2.75, 3.05) is 13.2 Å². The van der Waals surface area contributed by atoms with Crippen LogP contribution in [0.25, 0.3) is 0 Å². The Morgan fingerprint density at radius 1 is 0.261 bits per heavy atom. The zero-order valence-electron chi connectivity index (χ0n) is 55.6. The molecular formula is C83H124O5. The lowest BCUT2D eigenvalue weighted by Crippen LogP contribution is -2.28. The summed E-state index contributed by atoms with van der Waals surface area (Å²) in [7, 11) is 0. The van der Waals surface area contributed by atoms with Crippen LogP contribution in [0.2, 0.25) is 0 Å². The summed E-state index contributed by atoms with van der Waals surface area (Å²) >= 11 is 0. The molecule has 5 nitrogen and oxygen atoms in total. The van der Waals surface area contributed by atoms with Crippen LogP contribution in [0, 0.1) is 0 Å². The molecule has 0 spiro atoms. The van der Waals surface area contributed by atoms with E-state index in [1.54, 1.807) is 0 Å². The van der Waals surface area contributed by atoms with E-state index < -0.39 is 6.10 Å². The highest BCUT2D eigenvalue weighted by Crippen LogP contribution is 2.13. The number of carbonyl (C=O) groups is 2. The lowest BCUT2D eigenvalue weighted by Gasteiger charge is -2.15. The lowest BCUT2D eigenvalue weighted by molar-refractivity contribution is -0.161. The van der Waals surface area contributed by atoms with Gasteiger partial charge < -0.3 is 14.6 Å². The number of esters is 2. The number of hydrogen-bond acceptors (Lipinski definition) is 5. The van der Waals surface area contributed by atoms with E-state index in [0.717, 1.165) is 180 Å². The van der Waals surface area contributed by atoms with Crippen molar-refractivity contribution in [2.45, 2.75) is 251 Å². The van der Waals surface area contributed by atoms with Gasteiger partial charge in [-0.2, -0.15) is 0 Å². The van der Waals surface area contributed by atoms with Gasteiger partial charge in [-0.3, -0.25) is 9.59 Å². The molecule has 0 aliphatic carbocycles. The van der Waals surface area contributed by atoms with E-state index in [1.165, 1.54) is 38.5 Å². The molecule has 0 bridgehead atoms. The molecular weight excluding hydrogens is 1080 g/mol. The van der Waals surface area contributed by atoms with Crippen LogP contribution in [0.15, 0.2) is 243 Å². The minimum atomic E-state index is -0.814. The van der Waals surface area contributed by atoms with Crippen molar-refractivity contribution in [3.05, 3.63) is 243 Å². The minimum Gasteiger partial charge on any atom is -0.462 e. The van der Waals surface area contributed by atoms with E-state index in [2.05, 4.69) is 257 Å². The molecule has 0 fully saturated rings. The Bertz CT molecular complexity index is 2200.